The predicted molar refractivity (Wildman–Crippen MR) is 57.3 cm³/mol. The summed E-state index contributed by atoms with van der Waals surface area (Å²) in [6, 6.07) is 0. The lowest BCUT2D eigenvalue weighted by atomic mass is 10.2. The number of rotatable bonds is 3. The van der Waals surface area contributed by atoms with Gasteiger partial charge < -0.3 is 4.57 Å². The third kappa shape index (κ3) is 2.13. The highest BCUT2D eigenvalue weighted by Gasteiger charge is 2.11. The SMILES string of the molecule is BrCCCc1cn2c(n1)CCCC2. The molecule has 0 saturated heterocycles. The molecule has 1 aromatic heterocycles. The number of hydrogen-bond donors (Lipinski definition) is 0. The number of aryl methyl sites for hydroxylation is 3. The summed E-state index contributed by atoms with van der Waals surface area (Å²) in [6.45, 7) is 1.18. The molecular weight excluding hydrogens is 228 g/mol. The van der Waals surface area contributed by atoms with Crippen LogP contribution in [-0.2, 0) is 19.4 Å². The Bertz CT molecular complexity index is 257. The maximum atomic E-state index is 4.63. The van der Waals surface area contributed by atoms with Gasteiger partial charge in [-0.3, -0.25) is 0 Å². The van der Waals surface area contributed by atoms with E-state index in [0.717, 1.165) is 11.8 Å². The lowest BCUT2D eigenvalue weighted by Gasteiger charge is -2.11. The Morgan fingerprint density at radius 3 is 3.15 bits per heavy atom. The van der Waals surface area contributed by atoms with Crippen molar-refractivity contribution in [3.8, 4) is 0 Å². The molecule has 0 aromatic carbocycles. The molecular formula is C10H15BrN2. The van der Waals surface area contributed by atoms with Crippen LogP contribution in [0.4, 0.5) is 0 Å². The normalized spacial score (nSPS) is 15.8. The number of hydrogen-bond acceptors (Lipinski definition) is 1. The fraction of sp³-hybridized carbons (Fsp3) is 0.700. The van der Waals surface area contributed by atoms with Crippen LogP contribution >= 0.6 is 15.9 Å². The minimum absolute atomic E-state index is 1.08. The van der Waals surface area contributed by atoms with Crippen molar-refractivity contribution in [2.75, 3.05) is 5.33 Å². The highest BCUT2D eigenvalue weighted by Crippen LogP contribution is 2.15. The first-order chi connectivity index (χ1) is 6.40. The molecule has 3 heteroatoms. The molecule has 1 aliphatic rings. The van der Waals surface area contributed by atoms with E-state index < -0.39 is 0 Å². The van der Waals surface area contributed by atoms with Crippen LogP contribution in [0.25, 0.3) is 0 Å². The van der Waals surface area contributed by atoms with Crippen LogP contribution < -0.4 is 0 Å². The predicted octanol–water partition coefficient (Wildman–Crippen LogP) is 2.55. The van der Waals surface area contributed by atoms with Crippen LogP contribution in [0.3, 0.4) is 0 Å². The number of fused-ring (bicyclic) bond motifs is 1. The molecule has 0 amide bonds. The fourth-order valence-corrected chi connectivity index (χ4v) is 2.12. The van der Waals surface area contributed by atoms with E-state index in [2.05, 4.69) is 31.7 Å². The van der Waals surface area contributed by atoms with Crippen LogP contribution in [0.15, 0.2) is 6.20 Å². The molecule has 2 nitrogen and oxygen atoms in total. The third-order valence-electron chi connectivity index (χ3n) is 2.53. The summed E-state index contributed by atoms with van der Waals surface area (Å²) in [5.41, 5.74) is 1.27. The Kier molecular flexibility index (Phi) is 3.04. The highest BCUT2D eigenvalue weighted by molar-refractivity contribution is 9.09. The molecule has 0 fully saturated rings. The minimum Gasteiger partial charge on any atom is -0.335 e. The van der Waals surface area contributed by atoms with Gasteiger partial charge in [0.1, 0.15) is 5.82 Å². The van der Waals surface area contributed by atoms with Gasteiger partial charge in [0.2, 0.25) is 0 Å². The van der Waals surface area contributed by atoms with E-state index in [9.17, 15) is 0 Å². The quantitative estimate of drug-likeness (QED) is 0.746. The molecule has 0 atom stereocenters. The molecule has 72 valence electrons. The average molecular weight is 243 g/mol. The second-order valence-corrected chi connectivity index (χ2v) is 4.38. The summed E-state index contributed by atoms with van der Waals surface area (Å²) in [4.78, 5) is 4.63. The minimum atomic E-state index is 1.08. The average Bonchev–Trinajstić information content (AvgIpc) is 2.57. The fourth-order valence-electron chi connectivity index (χ4n) is 1.84. The van der Waals surface area contributed by atoms with Crippen molar-refractivity contribution in [3.05, 3.63) is 17.7 Å². The summed E-state index contributed by atoms with van der Waals surface area (Å²) >= 11 is 3.44. The van der Waals surface area contributed by atoms with Gasteiger partial charge in [-0.1, -0.05) is 15.9 Å². The van der Waals surface area contributed by atoms with Gasteiger partial charge in [-0.25, -0.2) is 4.98 Å². The summed E-state index contributed by atoms with van der Waals surface area (Å²) in [6.07, 6.45) is 8.35. The number of imidazole rings is 1. The maximum Gasteiger partial charge on any atom is 0.108 e. The van der Waals surface area contributed by atoms with Gasteiger partial charge in [0.05, 0.1) is 5.69 Å². The first-order valence-electron chi connectivity index (χ1n) is 5.01. The summed E-state index contributed by atoms with van der Waals surface area (Å²) in [5.74, 6) is 1.30. The van der Waals surface area contributed by atoms with Gasteiger partial charge >= 0.3 is 0 Å². The van der Waals surface area contributed by atoms with E-state index in [1.165, 1.54) is 43.7 Å². The van der Waals surface area contributed by atoms with E-state index in [1.807, 2.05) is 0 Å². The molecule has 0 aliphatic carbocycles. The second kappa shape index (κ2) is 4.27. The van der Waals surface area contributed by atoms with Gasteiger partial charge in [-0.05, 0) is 25.7 Å². The van der Waals surface area contributed by atoms with Crippen molar-refractivity contribution < 1.29 is 0 Å². The largest absolute Gasteiger partial charge is 0.335 e. The van der Waals surface area contributed by atoms with Crippen LogP contribution in [-0.4, -0.2) is 14.9 Å². The maximum absolute atomic E-state index is 4.63. The molecule has 0 spiro atoms. The van der Waals surface area contributed by atoms with E-state index in [-0.39, 0.29) is 0 Å². The monoisotopic (exact) mass is 242 g/mol. The van der Waals surface area contributed by atoms with Crippen LogP contribution in [0, 0.1) is 0 Å². The van der Waals surface area contributed by atoms with Crippen molar-refractivity contribution in [3.63, 3.8) is 0 Å². The van der Waals surface area contributed by atoms with Crippen molar-refractivity contribution in [2.45, 2.75) is 38.6 Å². The zero-order valence-electron chi connectivity index (χ0n) is 7.80. The van der Waals surface area contributed by atoms with Gasteiger partial charge in [-0.2, -0.15) is 0 Å². The number of aromatic nitrogens is 2. The molecule has 0 N–H and O–H groups in total. The van der Waals surface area contributed by atoms with E-state index in [0.29, 0.717) is 0 Å². The lowest BCUT2D eigenvalue weighted by molar-refractivity contribution is 0.522. The van der Waals surface area contributed by atoms with Crippen molar-refractivity contribution >= 4 is 15.9 Å². The lowest BCUT2D eigenvalue weighted by Crippen LogP contribution is -2.08. The molecule has 0 bridgehead atoms. The Hall–Kier alpha value is -0.310. The van der Waals surface area contributed by atoms with E-state index >= 15 is 0 Å². The smallest absolute Gasteiger partial charge is 0.108 e. The number of nitrogens with zero attached hydrogens (tertiary/aromatic N) is 2. The van der Waals surface area contributed by atoms with Crippen molar-refractivity contribution in [2.24, 2.45) is 0 Å². The first-order valence-corrected chi connectivity index (χ1v) is 6.13. The van der Waals surface area contributed by atoms with Gasteiger partial charge in [0.15, 0.2) is 0 Å². The standard InChI is InChI=1S/C10H15BrN2/c11-6-3-4-9-8-13-7-2-1-5-10(13)12-9/h8H,1-7H2. The molecule has 1 aliphatic heterocycles. The molecule has 13 heavy (non-hydrogen) atoms. The molecule has 0 saturated carbocycles. The van der Waals surface area contributed by atoms with E-state index in [4.69, 9.17) is 0 Å². The molecule has 2 rings (SSSR count). The van der Waals surface area contributed by atoms with Crippen LogP contribution in [0.2, 0.25) is 0 Å². The second-order valence-electron chi connectivity index (χ2n) is 3.59. The van der Waals surface area contributed by atoms with Gasteiger partial charge in [0.25, 0.3) is 0 Å². The van der Waals surface area contributed by atoms with Crippen LogP contribution in [0.1, 0.15) is 30.8 Å². The Morgan fingerprint density at radius 2 is 2.38 bits per heavy atom. The topological polar surface area (TPSA) is 17.8 Å². The Labute approximate surface area is 87.5 Å². The Balaban J connectivity index is 2.07. The molecule has 2 heterocycles. The number of alkyl halides is 1. The van der Waals surface area contributed by atoms with Gasteiger partial charge in [-0.15, -0.1) is 0 Å². The highest BCUT2D eigenvalue weighted by atomic mass is 79.9. The van der Waals surface area contributed by atoms with Crippen molar-refractivity contribution in [1.29, 1.82) is 0 Å². The zero-order valence-corrected chi connectivity index (χ0v) is 9.39. The summed E-state index contributed by atoms with van der Waals surface area (Å²) in [5, 5.41) is 1.08. The first kappa shape index (κ1) is 9.25. The molecule has 1 aromatic rings. The number of halogens is 1. The summed E-state index contributed by atoms with van der Waals surface area (Å²) in [7, 11) is 0. The van der Waals surface area contributed by atoms with E-state index in [1.54, 1.807) is 0 Å². The van der Waals surface area contributed by atoms with Crippen molar-refractivity contribution in [1.82, 2.24) is 9.55 Å². The van der Waals surface area contributed by atoms with Gasteiger partial charge in [0, 0.05) is 24.5 Å². The Morgan fingerprint density at radius 1 is 1.46 bits per heavy atom. The molecule has 0 radical (unpaired) electrons. The summed E-state index contributed by atoms with van der Waals surface area (Å²) < 4.78 is 2.33. The molecule has 0 unspecified atom stereocenters. The third-order valence-corrected chi connectivity index (χ3v) is 3.09. The van der Waals surface area contributed by atoms with Crippen LogP contribution in [0.5, 0.6) is 0 Å². The zero-order chi connectivity index (χ0) is 9.10.